The molecule has 0 saturated carbocycles. The number of aliphatic imine (C=N–C) groups is 1. The normalized spacial score (nSPS) is 14.0. The lowest BCUT2D eigenvalue weighted by molar-refractivity contribution is 0.00693. The van der Waals surface area contributed by atoms with Gasteiger partial charge in [0.2, 0.25) is 0 Å². The second kappa shape index (κ2) is 9.07. The minimum absolute atomic E-state index is 0. The summed E-state index contributed by atoms with van der Waals surface area (Å²) in [5.41, 5.74) is 4.05. The first-order valence-electron chi connectivity index (χ1n) is 9.20. The van der Waals surface area contributed by atoms with Crippen molar-refractivity contribution in [2.75, 3.05) is 25.0 Å². The Bertz CT molecular complexity index is 897. The Morgan fingerprint density at radius 1 is 1.07 bits per heavy atom. The zero-order valence-electron chi connectivity index (χ0n) is 16.8. The van der Waals surface area contributed by atoms with Gasteiger partial charge >= 0.3 is 5.97 Å². The highest BCUT2D eigenvalue weighted by molar-refractivity contribution is 6.14. The van der Waals surface area contributed by atoms with Gasteiger partial charge in [-0.25, -0.2) is 4.79 Å². The van der Waals surface area contributed by atoms with Crippen LogP contribution in [0.5, 0.6) is 0 Å². The number of likely N-dealkylation sites (N-methyl/N-ethyl adjacent to an activating group) is 1. The van der Waals surface area contributed by atoms with Crippen molar-refractivity contribution in [2.45, 2.75) is 26.4 Å². The topological polar surface area (TPSA) is 41.9 Å². The minimum atomic E-state index is -0.525. The molecule has 5 heteroatoms. The smallest absolute Gasteiger partial charge is 0.339 e. The van der Waals surface area contributed by atoms with Crippen molar-refractivity contribution < 1.29 is 9.53 Å². The summed E-state index contributed by atoms with van der Waals surface area (Å²) in [6.07, 6.45) is 3.93. The molecule has 1 aliphatic rings. The van der Waals surface area contributed by atoms with Crippen LogP contribution in [0.15, 0.2) is 59.6 Å². The third-order valence-electron chi connectivity index (χ3n) is 4.31. The number of nitrogens with zero attached hydrogens (tertiary/aromatic N) is 2. The Labute approximate surface area is 173 Å². The van der Waals surface area contributed by atoms with Crippen molar-refractivity contribution in [3.8, 4) is 0 Å². The number of carbonyl (C=O) groups is 1. The Morgan fingerprint density at radius 2 is 1.75 bits per heavy atom. The van der Waals surface area contributed by atoms with Crippen molar-refractivity contribution in [3.63, 3.8) is 0 Å². The lowest BCUT2D eigenvalue weighted by Crippen LogP contribution is -2.24. The monoisotopic (exact) mass is 398 g/mol. The van der Waals surface area contributed by atoms with Crippen LogP contribution in [0.1, 0.15) is 42.3 Å². The van der Waals surface area contributed by atoms with Gasteiger partial charge in [0.05, 0.1) is 17.8 Å². The average molecular weight is 399 g/mol. The highest BCUT2D eigenvalue weighted by atomic mass is 35.5. The highest BCUT2D eigenvalue weighted by Crippen LogP contribution is 2.23. The number of halogens is 1. The number of anilines is 1. The van der Waals surface area contributed by atoms with Crippen molar-refractivity contribution in [1.29, 1.82) is 0 Å². The summed E-state index contributed by atoms with van der Waals surface area (Å²) < 4.78 is 5.54. The number of benzodiazepines with no additional fused rings is 1. The fourth-order valence-electron chi connectivity index (χ4n) is 3.02. The van der Waals surface area contributed by atoms with Crippen molar-refractivity contribution >= 4 is 35.9 Å². The van der Waals surface area contributed by atoms with E-state index in [0.29, 0.717) is 5.56 Å². The van der Waals surface area contributed by atoms with E-state index in [0.717, 1.165) is 29.9 Å². The summed E-state index contributed by atoms with van der Waals surface area (Å²) in [5, 5.41) is 0. The van der Waals surface area contributed by atoms with Gasteiger partial charge in [-0.05, 0) is 44.5 Å². The number of benzene rings is 2. The molecule has 0 atom stereocenters. The molecule has 148 valence electrons. The lowest BCUT2D eigenvalue weighted by Gasteiger charge is -2.20. The predicted octanol–water partition coefficient (Wildman–Crippen LogP) is 5.02. The molecule has 0 saturated heterocycles. The van der Waals surface area contributed by atoms with E-state index in [-0.39, 0.29) is 18.4 Å². The van der Waals surface area contributed by atoms with Gasteiger partial charge in [0.15, 0.2) is 0 Å². The van der Waals surface area contributed by atoms with E-state index in [4.69, 9.17) is 9.73 Å². The summed E-state index contributed by atoms with van der Waals surface area (Å²) in [4.78, 5) is 19.5. The SMILES string of the molecule is CN1CCN=C(/C=C/c2ccccc2C(=O)OC(C)(C)C)c2ccccc21.Cl. The maximum atomic E-state index is 12.5. The fourth-order valence-corrected chi connectivity index (χ4v) is 3.02. The van der Waals surface area contributed by atoms with E-state index in [1.165, 1.54) is 5.69 Å². The first kappa shape index (κ1) is 21.7. The number of fused-ring (bicyclic) bond motifs is 1. The van der Waals surface area contributed by atoms with E-state index in [2.05, 4.69) is 24.1 Å². The zero-order chi connectivity index (χ0) is 19.4. The molecule has 3 rings (SSSR count). The molecule has 0 amide bonds. The molecule has 1 aliphatic heterocycles. The molecule has 0 aromatic heterocycles. The molecule has 0 N–H and O–H groups in total. The first-order chi connectivity index (χ1) is 12.8. The van der Waals surface area contributed by atoms with Crippen molar-refractivity contribution in [3.05, 3.63) is 71.3 Å². The number of esters is 1. The Kier molecular flexibility index (Phi) is 7.03. The number of hydrogen-bond donors (Lipinski definition) is 0. The number of carbonyl (C=O) groups excluding carboxylic acids is 1. The van der Waals surface area contributed by atoms with Gasteiger partial charge in [0.1, 0.15) is 5.60 Å². The maximum Gasteiger partial charge on any atom is 0.339 e. The molecule has 4 nitrogen and oxygen atoms in total. The molecule has 0 aliphatic carbocycles. The molecule has 0 fully saturated rings. The Morgan fingerprint density at radius 3 is 2.50 bits per heavy atom. The van der Waals surface area contributed by atoms with Crippen LogP contribution in [0.3, 0.4) is 0 Å². The van der Waals surface area contributed by atoms with Crippen LogP contribution in [0, 0.1) is 0 Å². The minimum Gasteiger partial charge on any atom is -0.456 e. The molecule has 28 heavy (non-hydrogen) atoms. The van der Waals surface area contributed by atoms with Crippen LogP contribution in [0.4, 0.5) is 5.69 Å². The van der Waals surface area contributed by atoms with Gasteiger partial charge in [-0.3, -0.25) is 4.99 Å². The van der Waals surface area contributed by atoms with Crippen molar-refractivity contribution in [1.82, 2.24) is 0 Å². The molecule has 0 spiro atoms. The second-order valence-corrected chi connectivity index (χ2v) is 7.63. The summed E-state index contributed by atoms with van der Waals surface area (Å²) in [7, 11) is 2.08. The summed E-state index contributed by atoms with van der Waals surface area (Å²) in [5.74, 6) is -0.314. The molecular formula is C23H27ClN2O2. The number of para-hydroxylation sites is 1. The Balaban J connectivity index is 0.00000280. The number of ether oxygens (including phenoxy) is 1. The van der Waals surface area contributed by atoms with E-state index in [9.17, 15) is 4.79 Å². The van der Waals surface area contributed by atoms with Crippen LogP contribution < -0.4 is 4.90 Å². The average Bonchev–Trinajstić information content (AvgIpc) is 2.78. The van der Waals surface area contributed by atoms with Crippen LogP contribution >= 0.6 is 12.4 Å². The quantitative estimate of drug-likeness (QED) is 0.682. The van der Waals surface area contributed by atoms with Crippen LogP contribution in [-0.2, 0) is 4.74 Å². The Hall–Kier alpha value is -2.59. The molecule has 2 aromatic rings. The molecule has 1 heterocycles. The second-order valence-electron chi connectivity index (χ2n) is 7.63. The highest BCUT2D eigenvalue weighted by Gasteiger charge is 2.19. The fraction of sp³-hybridized carbons (Fsp3) is 0.304. The first-order valence-corrected chi connectivity index (χ1v) is 9.20. The maximum absolute atomic E-state index is 12.5. The lowest BCUT2D eigenvalue weighted by atomic mass is 10.0. The summed E-state index contributed by atoms with van der Waals surface area (Å²) in [6.45, 7) is 7.23. The molecule has 2 aromatic carbocycles. The van der Waals surface area contributed by atoms with Crippen LogP contribution in [0.25, 0.3) is 6.08 Å². The third-order valence-corrected chi connectivity index (χ3v) is 4.31. The molecule has 0 radical (unpaired) electrons. The van der Waals surface area contributed by atoms with Gasteiger partial charge in [0.25, 0.3) is 0 Å². The van der Waals surface area contributed by atoms with E-state index < -0.39 is 5.60 Å². The van der Waals surface area contributed by atoms with Gasteiger partial charge in [0, 0.05) is 24.8 Å². The van der Waals surface area contributed by atoms with E-state index in [1.54, 1.807) is 6.07 Å². The molecular weight excluding hydrogens is 372 g/mol. The number of allylic oxidation sites excluding steroid dienone is 1. The molecule has 0 bridgehead atoms. The summed E-state index contributed by atoms with van der Waals surface area (Å²) >= 11 is 0. The van der Waals surface area contributed by atoms with E-state index >= 15 is 0 Å². The largest absolute Gasteiger partial charge is 0.456 e. The van der Waals surface area contributed by atoms with Crippen LogP contribution in [-0.4, -0.2) is 37.4 Å². The summed E-state index contributed by atoms with van der Waals surface area (Å²) in [6, 6.07) is 15.7. The predicted molar refractivity (Wildman–Crippen MR) is 119 cm³/mol. The van der Waals surface area contributed by atoms with Crippen molar-refractivity contribution in [2.24, 2.45) is 4.99 Å². The zero-order valence-corrected chi connectivity index (χ0v) is 17.6. The van der Waals surface area contributed by atoms with Gasteiger partial charge < -0.3 is 9.64 Å². The third kappa shape index (κ3) is 5.23. The van der Waals surface area contributed by atoms with Gasteiger partial charge in [-0.15, -0.1) is 12.4 Å². The molecule has 0 unspecified atom stereocenters. The number of rotatable bonds is 3. The van der Waals surface area contributed by atoms with Gasteiger partial charge in [-0.1, -0.05) is 42.5 Å². The number of hydrogen-bond acceptors (Lipinski definition) is 4. The van der Waals surface area contributed by atoms with Crippen LogP contribution in [0.2, 0.25) is 0 Å². The van der Waals surface area contributed by atoms with E-state index in [1.807, 2.05) is 63.3 Å². The standard InChI is InChI=1S/C23H26N2O2.ClH/c1-23(2,3)27-22(26)18-10-6-5-9-17(18)13-14-20-19-11-7-8-12-21(19)25(4)16-15-24-20;/h5-14H,15-16H2,1-4H3;1H/b14-13+;. The van der Waals surface area contributed by atoms with Gasteiger partial charge in [-0.2, -0.15) is 0 Å².